The number of nitrogen functional groups attached to an aromatic ring is 1. The average molecular weight is 282 g/mol. The van der Waals surface area contributed by atoms with E-state index in [1.807, 2.05) is 20.8 Å². The van der Waals surface area contributed by atoms with E-state index in [0.717, 1.165) is 24.8 Å². The van der Waals surface area contributed by atoms with E-state index in [1.54, 1.807) is 18.2 Å². The summed E-state index contributed by atoms with van der Waals surface area (Å²) in [6.07, 6.45) is 2.98. The largest absolute Gasteiger partial charge is 0.398 e. The Labute approximate surface area is 115 Å². The Morgan fingerprint density at radius 2 is 2.00 bits per heavy atom. The molecule has 1 aromatic rings. The number of aryl methyl sites for hydroxylation is 1. The van der Waals surface area contributed by atoms with E-state index in [2.05, 4.69) is 4.72 Å². The minimum absolute atomic E-state index is 0.246. The third-order valence-electron chi connectivity index (χ3n) is 3.80. The molecule has 4 nitrogen and oxygen atoms in total. The zero-order valence-electron chi connectivity index (χ0n) is 11.7. The molecule has 3 N–H and O–H groups in total. The molecule has 1 aliphatic carbocycles. The van der Waals surface area contributed by atoms with Gasteiger partial charge in [-0.15, -0.1) is 0 Å². The summed E-state index contributed by atoms with van der Waals surface area (Å²) in [5, 5.41) is 0. The molecule has 1 fully saturated rings. The monoisotopic (exact) mass is 282 g/mol. The Kier molecular flexibility index (Phi) is 3.62. The van der Waals surface area contributed by atoms with Gasteiger partial charge in [0.25, 0.3) is 0 Å². The molecule has 0 aliphatic heterocycles. The highest BCUT2D eigenvalue weighted by molar-refractivity contribution is 7.89. The molecule has 0 aromatic heterocycles. The first-order valence-corrected chi connectivity index (χ1v) is 8.17. The number of sulfonamides is 1. The van der Waals surface area contributed by atoms with Gasteiger partial charge in [0.05, 0.1) is 4.90 Å². The van der Waals surface area contributed by atoms with Gasteiger partial charge in [0.15, 0.2) is 0 Å². The van der Waals surface area contributed by atoms with E-state index >= 15 is 0 Å². The lowest BCUT2D eigenvalue weighted by Crippen LogP contribution is -2.45. The van der Waals surface area contributed by atoms with Crippen LogP contribution in [0.3, 0.4) is 0 Å². The molecule has 0 saturated heterocycles. The average Bonchev–Trinajstić information content (AvgIpc) is 3.11. The standard InChI is InChI=1S/C14H22N2O2S/c1-4-10-5-8-12(9-13(10)15)19(17,18)16-14(2,3)11-6-7-11/h5,8-9,11,16H,4,6-7,15H2,1-3H3. The third-order valence-corrected chi connectivity index (χ3v) is 5.47. The Bertz CT molecular complexity index is 575. The number of benzene rings is 1. The van der Waals surface area contributed by atoms with Gasteiger partial charge in [-0.2, -0.15) is 0 Å². The SMILES string of the molecule is CCc1ccc(S(=O)(=O)NC(C)(C)C2CC2)cc1N. The van der Waals surface area contributed by atoms with Crippen LogP contribution in [0.4, 0.5) is 5.69 Å². The second-order valence-corrected chi connectivity index (χ2v) is 7.50. The van der Waals surface area contributed by atoms with Crippen molar-refractivity contribution in [1.82, 2.24) is 4.72 Å². The van der Waals surface area contributed by atoms with Gasteiger partial charge >= 0.3 is 0 Å². The van der Waals surface area contributed by atoms with Crippen molar-refractivity contribution >= 4 is 15.7 Å². The summed E-state index contributed by atoms with van der Waals surface area (Å²) in [5.41, 5.74) is 6.99. The van der Waals surface area contributed by atoms with Crippen LogP contribution in [0, 0.1) is 5.92 Å². The highest BCUT2D eigenvalue weighted by Gasteiger charge is 2.40. The van der Waals surface area contributed by atoms with Gasteiger partial charge in [-0.3, -0.25) is 0 Å². The summed E-state index contributed by atoms with van der Waals surface area (Å²) in [5.74, 6) is 0.439. The Morgan fingerprint density at radius 3 is 2.47 bits per heavy atom. The molecule has 5 heteroatoms. The molecule has 0 radical (unpaired) electrons. The van der Waals surface area contributed by atoms with E-state index < -0.39 is 15.6 Å². The smallest absolute Gasteiger partial charge is 0.241 e. The molecule has 106 valence electrons. The Balaban J connectivity index is 2.26. The number of nitrogens with one attached hydrogen (secondary N) is 1. The fourth-order valence-corrected chi connectivity index (χ4v) is 3.86. The number of hydrogen-bond donors (Lipinski definition) is 2. The second-order valence-electron chi connectivity index (χ2n) is 5.82. The van der Waals surface area contributed by atoms with Crippen LogP contribution in [0.5, 0.6) is 0 Å². The van der Waals surface area contributed by atoms with Gasteiger partial charge in [-0.1, -0.05) is 13.0 Å². The van der Waals surface area contributed by atoms with Crippen LogP contribution in [0.25, 0.3) is 0 Å². The summed E-state index contributed by atoms with van der Waals surface area (Å²) < 4.78 is 27.5. The number of nitrogens with two attached hydrogens (primary N) is 1. The van der Waals surface area contributed by atoms with Crippen LogP contribution in [-0.2, 0) is 16.4 Å². The van der Waals surface area contributed by atoms with E-state index in [-0.39, 0.29) is 4.90 Å². The summed E-state index contributed by atoms with van der Waals surface area (Å²) in [7, 11) is -3.50. The van der Waals surface area contributed by atoms with E-state index in [0.29, 0.717) is 11.6 Å². The third kappa shape index (κ3) is 3.09. The zero-order valence-corrected chi connectivity index (χ0v) is 12.5. The molecule has 0 atom stereocenters. The zero-order chi connectivity index (χ0) is 14.3. The van der Waals surface area contributed by atoms with Crippen molar-refractivity contribution in [3.63, 3.8) is 0 Å². The Hall–Kier alpha value is -1.07. The summed E-state index contributed by atoms with van der Waals surface area (Å²) in [6, 6.07) is 4.96. The fourth-order valence-electron chi connectivity index (χ4n) is 2.36. The van der Waals surface area contributed by atoms with Crippen molar-refractivity contribution < 1.29 is 8.42 Å². The molecule has 1 aromatic carbocycles. The summed E-state index contributed by atoms with van der Waals surface area (Å²) >= 11 is 0. The first-order chi connectivity index (χ1) is 8.76. The Morgan fingerprint density at radius 1 is 1.37 bits per heavy atom. The molecule has 0 bridgehead atoms. The van der Waals surface area contributed by atoms with Crippen molar-refractivity contribution in [2.45, 2.75) is 50.5 Å². The maximum atomic E-state index is 12.4. The normalized spacial score (nSPS) is 16.6. The van der Waals surface area contributed by atoms with E-state index in [1.165, 1.54) is 0 Å². The minimum Gasteiger partial charge on any atom is -0.398 e. The number of rotatable bonds is 5. The molecule has 1 saturated carbocycles. The maximum Gasteiger partial charge on any atom is 0.241 e. The molecule has 0 heterocycles. The minimum atomic E-state index is -3.50. The van der Waals surface area contributed by atoms with Crippen molar-refractivity contribution in [2.75, 3.05) is 5.73 Å². The lowest BCUT2D eigenvalue weighted by Gasteiger charge is -2.25. The maximum absolute atomic E-state index is 12.4. The predicted molar refractivity (Wildman–Crippen MR) is 77.4 cm³/mol. The van der Waals surface area contributed by atoms with Gasteiger partial charge in [0, 0.05) is 11.2 Å². The van der Waals surface area contributed by atoms with Crippen molar-refractivity contribution in [3.05, 3.63) is 23.8 Å². The molecule has 0 unspecified atom stereocenters. The highest BCUT2D eigenvalue weighted by atomic mass is 32.2. The van der Waals surface area contributed by atoms with E-state index in [9.17, 15) is 8.42 Å². The molecule has 2 rings (SSSR count). The molecule has 19 heavy (non-hydrogen) atoms. The van der Waals surface area contributed by atoms with Crippen molar-refractivity contribution in [3.8, 4) is 0 Å². The van der Waals surface area contributed by atoms with E-state index in [4.69, 9.17) is 5.73 Å². The number of hydrogen-bond acceptors (Lipinski definition) is 3. The van der Waals surface area contributed by atoms with Gasteiger partial charge < -0.3 is 5.73 Å². The fraction of sp³-hybridized carbons (Fsp3) is 0.571. The molecular formula is C14H22N2O2S. The molecular weight excluding hydrogens is 260 g/mol. The van der Waals surface area contributed by atoms with Gasteiger partial charge in [0.1, 0.15) is 0 Å². The first-order valence-electron chi connectivity index (χ1n) is 6.68. The highest BCUT2D eigenvalue weighted by Crippen LogP contribution is 2.40. The van der Waals surface area contributed by atoms with Crippen LogP contribution in [0.15, 0.2) is 23.1 Å². The van der Waals surface area contributed by atoms with Crippen molar-refractivity contribution in [2.24, 2.45) is 5.92 Å². The van der Waals surface area contributed by atoms with Crippen LogP contribution in [-0.4, -0.2) is 14.0 Å². The summed E-state index contributed by atoms with van der Waals surface area (Å²) in [6.45, 7) is 5.87. The second kappa shape index (κ2) is 4.80. The lowest BCUT2D eigenvalue weighted by atomic mass is 10.0. The van der Waals surface area contributed by atoms with Crippen LogP contribution >= 0.6 is 0 Å². The van der Waals surface area contributed by atoms with Crippen LogP contribution in [0.1, 0.15) is 39.2 Å². The van der Waals surface area contributed by atoms with Gasteiger partial charge in [-0.05, 0) is 56.7 Å². The summed E-state index contributed by atoms with van der Waals surface area (Å²) in [4.78, 5) is 0.246. The predicted octanol–water partition coefficient (Wildman–Crippen LogP) is 2.30. The molecule has 0 spiro atoms. The van der Waals surface area contributed by atoms with Gasteiger partial charge in [0.2, 0.25) is 10.0 Å². The quantitative estimate of drug-likeness (QED) is 0.814. The number of anilines is 1. The van der Waals surface area contributed by atoms with Crippen molar-refractivity contribution in [1.29, 1.82) is 0 Å². The van der Waals surface area contributed by atoms with Crippen LogP contribution in [0.2, 0.25) is 0 Å². The first kappa shape index (κ1) is 14.3. The van der Waals surface area contributed by atoms with Gasteiger partial charge in [-0.25, -0.2) is 13.1 Å². The molecule has 1 aliphatic rings. The topological polar surface area (TPSA) is 72.2 Å². The lowest BCUT2D eigenvalue weighted by molar-refractivity contribution is 0.400. The molecule has 0 amide bonds. The van der Waals surface area contributed by atoms with Crippen LogP contribution < -0.4 is 10.5 Å².